The highest BCUT2D eigenvalue weighted by molar-refractivity contribution is 6.38. The Bertz CT molecular complexity index is 500. The zero-order chi connectivity index (χ0) is 11.0. The van der Waals surface area contributed by atoms with Crippen LogP contribution in [0.2, 0.25) is 0 Å². The van der Waals surface area contributed by atoms with Gasteiger partial charge in [0, 0.05) is 16.6 Å². The summed E-state index contributed by atoms with van der Waals surface area (Å²) in [6.07, 6.45) is 0.899. The van der Waals surface area contributed by atoms with E-state index < -0.39 is 0 Å². The topological polar surface area (TPSA) is 41.8 Å². The number of nitrogens with two attached hydrogens (primary N) is 1. The molecule has 0 aliphatic heterocycles. The lowest BCUT2D eigenvalue weighted by Gasteiger charge is -2.03. The van der Waals surface area contributed by atoms with Crippen LogP contribution in [0.3, 0.4) is 0 Å². The second-order valence-electron chi connectivity index (χ2n) is 3.99. The van der Waals surface area contributed by atoms with E-state index in [9.17, 15) is 0 Å². The zero-order valence-electron chi connectivity index (χ0n) is 9.22. The van der Waals surface area contributed by atoms with Crippen molar-refractivity contribution in [1.82, 2.24) is 4.98 Å². The molecular weight excluding hydrogens is 183 g/mol. The molecule has 76 valence electrons. The molecule has 0 saturated heterocycles. The molecule has 0 spiro atoms. The van der Waals surface area contributed by atoms with E-state index in [4.69, 9.17) is 13.6 Å². The van der Waals surface area contributed by atoms with Crippen molar-refractivity contribution in [2.75, 3.05) is 6.54 Å². The van der Waals surface area contributed by atoms with Crippen molar-refractivity contribution in [3.8, 4) is 0 Å². The monoisotopic (exact) mass is 198 g/mol. The van der Waals surface area contributed by atoms with Gasteiger partial charge in [0.2, 0.25) is 0 Å². The van der Waals surface area contributed by atoms with Gasteiger partial charge in [0.1, 0.15) is 7.85 Å². The third-order valence-electron chi connectivity index (χ3n) is 2.91. The Balaban J connectivity index is 2.79. The Kier molecular flexibility index (Phi) is 2.57. The summed E-state index contributed by atoms with van der Waals surface area (Å²) in [6.45, 7) is 4.85. The molecule has 1 heterocycles. The maximum atomic E-state index is 5.94. The largest absolute Gasteiger partial charge is 0.359 e. The van der Waals surface area contributed by atoms with Gasteiger partial charge >= 0.3 is 0 Å². The fourth-order valence-electron chi connectivity index (χ4n) is 2.15. The van der Waals surface area contributed by atoms with Crippen molar-refractivity contribution in [2.24, 2.45) is 5.73 Å². The first-order valence-electron chi connectivity index (χ1n) is 5.21. The Hall–Kier alpha value is -1.22. The lowest BCUT2D eigenvalue weighted by atomic mass is 9.91. The Labute approximate surface area is 91.3 Å². The molecule has 2 aromatic rings. The standard InChI is InChI=1S/C12H15BN2/c1-7-3-4-10(13)12-11(7)9(5-6-14)8(2)15-12/h3-4,15H,5-6,14H2,1-2H3. The smallest absolute Gasteiger partial charge is 0.116 e. The highest BCUT2D eigenvalue weighted by Gasteiger charge is 2.10. The molecule has 0 fully saturated rings. The van der Waals surface area contributed by atoms with Crippen LogP contribution in [0.4, 0.5) is 0 Å². The number of fused-ring (bicyclic) bond motifs is 1. The first-order chi connectivity index (χ1) is 7.15. The average Bonchev–Trinajstić information content (AvgIpc) is 2.53. The highest BCUT2D eigenvalue weighted by atomic mass is 14.7. The van der Waals surface area contributed by atoms with E-state index in [2.05, 4.69) is 24.9 Å². The summed E-state index contributed by atoms with van der Waals surface area (Å²) >= 11 is 0. The van der Waals surface area contributed by atoms with Gasteiger partial charge in [-0.2, -0.15) is 0 Å². The predicted molar refractivity (Wildman–Crippen MR) is 65.9 cm³/mol. The molecule has 0 bridgehead atoms. The van der Waals surface area contributed by atoms with E-state index in [0.717, 1.165) is 17.4 Å². The molecule has 1 aromatic heterocycles. The molecule has 3 heteroatoms. The van der Waals surface area contributed by atoms with E-state index in [1.54, 1.807) is 0 Å². The maximum Gasteiger partial charge on any atom is 0.116 e. The summed E-state index contributed by atoms with van der Waals surface area (Å²) in [5.41, 5.74) is 11.2. The zero-order valence-corrected chi connectivity index (χ0v) is 9.22. The minimum Gasteiger partial charge on any atom is -0.359 e. The number of rotatable bonds is 2. The number of nitrogens with one attached hydrogen (secondary N) is 1. The van der Waals surface area contributed by atoms with E-state index in [1.165, 1.54) is 22.2 Å². The highest BCUT2D eigenvalue weighted by Crippen LogP contribution is 2.24. The number of benzene rings is 1. The number of hydrogen-bond acceptors (Lipinski definition) is 1. The van der Waals surface area contributed by atoms with Crippen LogP contribution in [-0.4, -0.2) is 19.4 Å². The summed E-state index contributed by atoms with van der Waals surface area (Å²) < 4.78 is 0. The Morgan fingerprint density at radius 3 is 2.73 bits per heavy atom. The molecule has 0 amide bonds. The second kappa shape index (κ2) is 3.74. The summed E-state index contributed by atoms with van der Waals surface area (Å²) in [6, 6.07) is 4.00. The predicted octanol–water partition coefficient (Wildman–Crippen LogP) is 1.08. The van der Waals surface area contributed by atoms with Crippen LogP contribution in [0.15, 0.2) is 12.1 Å². The van der Waals surface area contributed by atoms with Crippen molar-refractivity contribution in [3.63, 3.8) is 0 Å². The summed E-state index contributed by atoms with van der Waals surface area (Å²) in [5.74, 6) is 0. The summed E-state index contributed by atoms with van der Waals surface area (Å²) in [5, 5.41) is 1.25. The molecule has 3 N–H and O–H groups in total. The number of aromatic amines is 1. The molecule has 2 rings (SSSR count). The third-order valence-corrected chi connectivity index (χ3v) is 2.91. The van der Waals surface area contributed by atoms with Crippen molar-refractivity contribution in [2.45, 2.75) is 20.3 Å². The lowest BCUT2D eigenvalue weighted by Crippen LogP contribution is -2.05. The van der Waals surface area contributed by atoms with Crippen LogP contribution < -0.4 is 11.2 Å². The number of aryl methyl sites for hydroxylation is 2. The van der Waals surface area contributed by atoms with Crippen molar-refractivity contribution in [3.05, 3.63) is 29.0 Å². The van der Waals surface area contributed by atoms with E-state index in [-0.39, 0.29) is 0 Å². The van der Waals surface area contributed by atoms with Crippen LogP contribution in [0.5, 0.6) is 0 Å². The van der Waals surface area contributed by atoms with E-state index in [0.29, 0.717) is 6.54 Å². The fraction of sp³-hybridized carbons (Fsp3) is 0.333. The number of aromatic nitrogens is 1. The minimum atomic E-state index is 0.669. The Morgan fingerprint density at radius 1 is 1.33 bits per heavy atom. The second-order valence-corrected chi connectivity index (χ2v) is 3.99. The van der Waals surface area contributed by atoms with E-state index >= 15 is 0 Å². The van der Waals surface area contributed by atoms with Gasteiger partial charge in [0.25, 0.3) is 0 Å². The molecule has 0 aliphatic carbocycles. The number of H-pyrrole nitrogens is 1. The molecule has 15 heavy (non-hydrogen) atoms. The number of hydrogen-bond donors (Lipinski definition) is 2. The summed E-state index contributed by atoms with van der Waals surface area (Å²) in [7, 11) is 5.94. The van der Waals surface area contributed by atoms with Crippen LogP contribution in [0.25, 0.3) is 10.9 Å². The molecule has 0 saturated carbocycles. The van der Waals surface area contributed by atoms with Crippen LogP contribution >= 0.6 is 0 Å². The van der Waals surface area contributed by atoms with Gasteiger partial charge in [0.15, 0.2) is 0 Å². The third kappa shape index (κ3) is 1.57. The fourth-order valence-corrected chi connectivity index (χ4v) is 2.15. The van der Waals surface area contributed by atoms with Gasteiger partial charge in [-0.25, -0.2) is 0 Å². The molecular formula is C12H15BN2. The lowest BCUT2D eigenvalue weighted by molar-refractivity contribution is 0.962. The molecule has 0 aliphatic rings. The van der Waals surface area contributed by atoms with Crippen molar-refractivity contribution < 1.29 is 0 Å². The van der Waals surface area contributed by atoms with Crippen LogP contribution in [-0.2, 0) is 6.42 Å². The molecule has 1 aromatic carbocycles. The Morgan fingerprint density at radius 2 is 2.07 bits per heavy atom. The average molecular weight is 198 g/mol. The van der Waals surface area contributed by atoms with Gasteiger partial charge in [-0.3, -0.25) is 0 Å². The van der Waals surface area contributed by atoms with Gasteiger partial charge in [-0.05, 0) is 37.9 Å². The van der Waals surface area contributed by atoms with Gasteiger partial charge in [-0.1, -0.05) is 17.6 Å². The molecule has 0 atom stereocenters. The van der Waals surface area contributed by atoms with Crippen molar-refractivity contribution >= 4 is 24.2 Å². The first kappa shape index (κ1) is 10.3. The molecule has 0 unspecified atom stereocenters. The quantitative estimate of drug-likeness (QED) is 0.696. The van der Waals surface area contributed by atoms with Gasteiger partial charge in [-0.15, -0.1) is 0 Å². The SMILES string of the molecule is [B]c1ccc(C)c2c(CCN)c(C)[nH]c12. The van der Waals surface area contributed by atoms with Crippen LogP contribution in [0, 0.1) is 13.8 Å². The maximum absolute atomic E-state index is 5.94. The normalized spacial score (nSPS) is 11.1. The first-order valence-corrected chi connectivity index (χ1v) is 5.21. The summed E-state index contributed by atoms with van der Waals surface area (Å²) in [4.78, 5) is 3.34. The minimum absolute atomic E-state index is 0.669. The van der Waals surface area contributed by atoms with Crippen molar-refractivity contribution in [1.29, 1.82) is 0 Å². The molecule has 2 radical (unpaired) electrons. The van der Waals surface area contributed by atoms with Gasteiger partial charge < -0.3 is 10.7 Å². The van der Waals surface area contributed by atoms with E-state index in [1.807, 2.05) is 6.07 Å². The molecule has 2 nitrogen and oxygen atoms in total. The van der Waals surface area contributed by atoms with Crippen LogP contribution in [0.1, 0.15) is 16.8 Å². The van der Waals surface area contributed by atoms with Gasteiger partial charge in [0.05, 0.1) is 0 Å².